The van der Waals surface area contributed by atoms with Gasteiger partial charge in [0.05, 0.1) is 6.61 Å². The molecule has 0 aromatic heterocycles. The van der Waals surface area contributed by atoms with Crippen molar-refractivity contribution in [3.05, 3.63) is 0 Å². The van der Waals surface area contributed by atoms with E-state index in [0.717, 1.165) is 17.9 Å². The minimum Gasteiger partial charge on any atom is -0.395 e. The van der Waals surface area contributed by atoms with E-state index in [2.05, 4.69) is 20.8 Å². The second-order valence-corrected chi connectivity index (χ2v) is 6.89. The van der Waals surface area contributed by atoms with Gasteiger partial charge in [0.2, 0.25) is 0 Å². The zero-order valence-electron chi connectivity index (χ0n) is 11.5. The maximum absolute atomic E-state index is 9.33. The molecule has 0 bridgehead atoms. The largest absolute Gasteiger partial charge is 0.395 e. The molecule has 0 aliphatic heterocycles. The molecule has 0 spiro atoms. The van der Waals surface area contributed by atoms with Crippen LogP contribution in [0, 0.1) is 5.41 Å². The predicted molar refractivity (Wildman–Crippen MR) is 80.2 cm³/mol. The number of alkyl halides is 1. The van der Waals surface area contributed by atoms with Crippen molar-refractivity contribution < 1.29 is 5.11 Å². The van der Waals surface area contributed by atoms with Gasteiger partial charge in [0.15, 0.2) is 0 Å². The lowest BCUT2D eigenvalue weighted by Crippen LogP contribution is -2.45. The average Bonchev–Trinajstić information content (AvgIpc) is 2.93. The van der Waals surface area contributed by atoms with Crippen molar-refractivity contribution in [1.29, 1.82) is 0 Å². The van der Waals surface area contributed by atoms with E-state index in [9.17, 15) is 5.11 Å². The molecule has 2 fully saturated rings. The van der Waals surface area contributed by atoms with Gasteiger partial charge in [-0.2, -0.15) is 0 Å². The summed E-state index contributed by atoms with van der Waals surface area (Å²) >= 11 is 3.77. The van der Waals surface area contributed by atoms with Crippen LogP contribution in [0.2, 0.25) is 0 Å². The average molecular weight is 318 g/mol. The van der Waals surface area contributed by atoms with E-state index < -0.39 is 0 Å². The number of hydrogen-bond acceptors (Lipinski definition) is 2. The predicted octanol–water partition coefficient (Wildman–Crippen LogP) is 3.57. The molecular weight excluding hydrogens is 290 g/mol. The third-order valence-electron chi connectivity index (χ3n) is 4.96. The van der Waals surface area contributed by atoms with Crippen molar-refractivity contribution in [1.82, 2.24) is 4.90 Å². The quantitative estimate of drug-likeness (QED) is 0.757. The van der Waals surface area contributed by atoms with Gasteiger partial charge in [-0.25, -0.2) is 0 Å². The molecule has 3 heteroatoms. The van der Waals surface area contributed by atoms with Gasteiger partial charge in [-0.3, -0.25) is 4.90 Å². The van der Waals surface area contributed by atoms with E-state index in [-0.39, 0.29) is 0 Å². The topological polar surface area (TPSA) is 23.5 Å². The Morgan fingerprint density at radius 1 is 1.06 bits per heavy atom. The Hall–Kier alpha value is 0.400. The first-order valence-electron chi connectivity index (χ1n) is 7.70. The smallest absolute Gasteiger partial charge is 0.0558 e. The molecule has 0 aromatic carbocycles. The van der Waals surface area contributed by atoms with Crippen molar-refractivity contribution in [2.24, 2.45) is 5.41 Å². The minimum atomic E-state index is 0.314. The highest BCUT2D eigenvalue weighted by Crippen LogP contribution is 2.39. The summed E-state index contributed by atoms with van der Waals surface area (Å²) in [6.07, 6.45) is 12.4. The Kier molecular flexibility index (Phi) is 5.96. The normalized spacial score (nSPS) is 24.8. The fourth-order valence-electron chi connectivity index (χ4n) is 3.86. The number of rotatable bonds is 6. The van der Waals surface area contributed by atoms with Gasteiger partial charge in [-0.15, -0.1) is 0 Å². The van der Waals surface area contributed by atoms with Crippen LogP contribution >= 0.6 is 15.9 Å². The van der Waals surface area contributed by atoms with Gasteiger partial charge in [0, 0.05) is 24.5 Å². The molecule has 0 aromatic rings. The van der Waals surface area contributed by atoms with Gasteiger partial charge in [-0.05, 0) is 31.1 Å². The molecule has 0 unspecified atom stereocenters. The van der Waals surface area contributed by atoms with Crippen LogP contribution in [0.1, 0.15) is 57.8 Å². The van der Waals surface area contributed by atoms with Gasteiger partial charge in [0.1, 0.15) is 0 Å². The number of aliphatic hydroxyl groups excluding tert-OH is 1. The highest BCUT2D eigenvalue weighted by atomic mass is 79.9. The Bertz CT molecular complexity index is 235. The van der Waals surface area contributed by atoms with E-state index in [0.29, 0.717) is 12.0 Å². The van der Waals surface area contributed by atoms with Crippen LogP contribution < -0.4 is 0 Å². The lowest BCUT2D eigenvalue weighted by Gasteiger charge is -2.42. The molecule has 0 heterocycles. The second kappa shape index (κ2) is 7.25. The lowest BCUT2D eigenvalue weighted by molar-refractivity contribution is 0.0776. The van der Waals surface area contributed by atoms with E-state index >= 15 is 0 Å². The molecule has 0 radical (unpaired) electrons. The molecular formula is C15H28BrNO. The van der Waals surface area contributed by atoms with Gasteiger partial charge < -0.3 is 5.11 Å². The maximum Gasteiger partial charge on any atom is 0.0558 e. The molecule has 1 N–H and O–H groups in total. The molecule has 106 valence electrons. The van der Waals surface area contributed by atoms with Crippen molar-refractivity contribution in [2.45, 2.75) is 63.8 Å². The summed E-state index contributed by atoms with van der Waals surface area (Å²) in [5.41, 5.74) is 0.482. The van der Waals surface area contributed by atoms with E-state index in [1.165, 1.54) is 64.3 Å². The maximum atomic E-state index is 9.33. The molecule has 0 amide bonds. The summed E-state index contributed by atoms with van der Waals surface area (Å²) in [6, 6.07) is 0.745. The molecule has 2 nitrogen and oxygen atoms in total. The molecule has 2 aliphatic carbocycles. The summed E-state index contributed by atoms with van der Waals surface area (Å²) < 4.78 is 0. The standard InChI is InChI=1S/C15H28BrNO/c16-12-15(8-4-1-5-9-15)13-17(10-11-18)14-6-2-3-7-14/h14,18H,1-13H2. The molecule has 2 saturated carbocycles. The van der Waals surface area contributed by atoms with Crippen molar-refractivity contribution in [3.63, 3.8) is 0 Å². The number of hydrogen-bond donors (Lipinski definition) is 1. The van der Waals surface area contributed by atoms with E-state index in [1.807, 2.05) is 0 Å². The first kappa shape index (κ1) is 14.8. The summed E-state index contributed by atoms with van der Waals surface area (Å²) in [4.78, 5) is 2.60. The molecule has 0 saturated heterocycles. The van der Waals surface area contributed by atoms with Gasteiger partial charge in [0.25, 0.3) is 0 Å². The molecule has 0 atom stereocenters. The van der Waals surface area contributed by atoms with Gasteiger partial charge in [-0.1, -0.05) is 48.0 Å². The van der Waals surface area contributed by atoms with E-state index in [4.69, 9.17) is 0 Å². The van der Waals surface area contributed by atoms with E-state index in [1.54, 1.807) is 0 Å². The molecule has 2 aliphatic rings. The van der Waals surface area contributed by atoms with Crippen molar-refractivity contribution in [2.75, 3.05) is 25.0 Å². The number of nitrogens with zero attached hydrogens (tertiary/aromatic N) is 1. The van der Waals surface area contributed by atoms with Crippen LogP contribution in [-0.4, -0.2) is 41.1 Å². The lowest BCUT2D eigenvalue weighted by atomic mass is 9.75. The Labute approximate surface area is 120 Å². The van der Waals surface area contributed by atoms with Crippen LogP contribution in [0.15, 0.2) is 0 Å². The summed E-state index contributed by atoms with van der Waals surface area (Å²) in [7, 11) is 0. The van der Waals surface area contributed by atoms with Crippen molar-refractivity contribution in [3.8, 4) is 0 Å². The van der Waals surface area contributed by atoms with Crippen molar-refractivity contribution >= 4 is 15.9 Å². The minimum absolute atomic E-state index is 0.314. The highest BCUT2D eigenvalue weighted by molar-refractivity contribution is 9.09. The zero-order valence-corrected chi connectivity index (χ0v) is 13.1. The molecule has 2 rings (SSSR count). The highest BCUT2D eigenvalue weighted by Gasteiger charge is 2.35. The Morgan fingerprint density at radius 2 is 1.72 bits per heavy atom. The van der Waals surface area contributed by atoms with Crippen LogP contribution in [0.4, 0.5) is 0 Å². The molecule has 18 heavy (non-hydrogen) atoms. The van der Waals surface area contributed by atoms with Crippen LogP contribution in [-0.2, 0) is 0 Å². The monoisotopic (exact) mass is 317 g/mol. The fourth-order valence-corrected chi connectivity index (χ4v) is 4.59. The van der Waals surface area contributed by atoms with Crippen LogP contribution in [0.3, 0.4) is 0 Å². The Balaban J connectivity index is 1.96. The SMILES string of the molecule is OCCN(CC1(CBr)CCCCC1)C1CCCC1. The summed E-state index contributed by atoms with van der Waals surface area (Å²) in [5, 5.41) is 10.5. The third-order valence-corrected chi connectivity index (χ3v) is 6.15. The zero-order chi connectivity index (χ0) is 12.8. The summed E-state index contributed by atoms with van der Waals surface area (Å²) in [6.45, 7) is 2.39. The number of halogens is 1. The second-order valence-electron chi connectivity index (χ2n) is 6.33. The summed E-state index contributed by atoms with van der Waals surface area (Å²) in [5.74, 6) is 0. The van der Waals surface area contributed by atoms with Crippen LogP contribution in [0.5, 0.6) is 0 Å². The fraction of sp³-hybridized carbons (Fsp3) is 1.00. The van der Waals surface area contributed by atoms with Crippen LogP contribution in [0.25, 0.3) is 0 Å². The third kappa shape index (κ3) is 3.71. The van der Waals surface area contributed by atoms with Gasteiger partial charge >= 0.3 is 0 Å². The first-order chi connectivity index (χ1) is 8.79. The number of aliphatic hydroxyl groups is 1. The first-order valence-corrected chi connectivity index (χ1v) is 8.83. The Morgan fingerprint density at radius 3 is 2.28 bits per heavy atom.